The van der Waals surface area contributed by atoms with Crippen LogP contribution in [0.25, 0.3) is 242 Å². The Balaban J connectivity index is 0.000000145. The van der Waals surface area contributed by atoms with E-state index in [9.17, 15) is 0 Å². The highest BCUT2D eigenvalue weighted by atomic mass is 32.1. The summed E-state index contributed by atoms with van der Waals surface area (Å²) < 4.78 is 9.62. The molecule has 608 valence electrons. The van der Waals surface area contributed by atoms with Gasteiger partial charge in [0.05, 0.1) is 38.2 Å². The third-order valence-electron chi connectivity index (χ3n) is 24.6. The molecule has 0 radical (unpaired) electrons. The second-order valence-electron chi connectivity index (χ2n) is 32.4. The molecule has 12 heteroatoms. The smallest absolute Gasteiger partial charge is 0.166 e. The summed E-state index contributed by atoms with van der Waals surface area (Å²) in [6, 6.07) is 153. The molecule has 0 N–H and O–H groups in total. The number of thiophene rings is 2. The van der Waals surface area contributed by atoms with E-state index in [-0.39, 0.29) is 0 Å². The van der Waals surface area contributed by atoms with Gasteiger partial charge in [-0.15, -0.1) is 22.7 Å². The molecule has 0 spiro atoms. The summed E-state index contributed by atoms with van der Waals surface area (Å²) in [5, 5.41) is 9.73. The van der Waals surface area contributed by atoms with Crippen LogP contribution in [0.3, 0.4) is 0 Å². The van der Waals surface area contributed by atoms with Crippen LogP contribution in [0, 0.1) is 0 Å². The number of rotatable bonds is 15. The largest absolute Gasteiger partial charge is 0.309 e. The molecule has 0 atom stereocenters. The van der Waals surface area contributed by atoms with Crippen molar-refractivity contribution >= 4 is 107 Å². The maximum Gasteiger partial charge on any atom is 0.166 e. The minimum absolute atomic E-state index is 0.553. The number of hydrogen-bond donors (Lipinski definition) is 0. The highest BCUT2D eigenvalue weighted by Crippen LogP contribution is 2.51. The lowest BCUT2D eigenvalue weighted by Crippen LogP contribution is -2.02. The van der Waals surface area contributed by atoms with Crippen LogP contribution in [0.15, 0.2) is 449 Å². The van der Waals surface area contributed by atoms with Gasteiger partial charge >= 0.3 is 0 Å². The monoisotopic (exact) mass is 1690 g/mol. The van der Waals surface area contributed by atoms with Gasteiger partial charge in [-0.25, -0.2) is 29.9 Å². The summed E-state index contributed by atoms with van der Waals surface area (Å²) >= 11 is 3.65. The molecule has 0 aliphatic rings. The number of aromatic nitrogens is 10. The maximum atomic E-state index is 5.47. The first-order chi connectivity index (χ1) is 64.5. The van der Waals surface area contributed by atoms with Crippen molar-refractivity contribution in [3.05, 3.63) is 449 Å². The van der Waals surface area contributed by atoms with Crippen molar-refractivity contribution in [2.45, 2.75) is 0 Å². The van der Waals surface area contributed by atoms with E-state index in [2.05, 4.69) is 343 Å². The standard InChI is InChI=1S/C62H39N5S.C56H35N5S/c1-6-19-40(20-7-1)47-34-33-44(37-51(47)41-21-8-2-9-22-41)45-38-52(62-65-60(42-23-10-3-11-24-42)64-61(66-62)43-25-12-4-13-26-43)58(63-39-45)50-31-18-30-49-57-55(68-59(49)50)36-35-54-56(57)48-29-16-17-32-53(48)67(54)46-27-14-5-15-28-46;1-5-17-36(18-6-1)39-23-15-24-40(33-39)41-34-47(56-59-54(37-19-7-2-8-20-37)58-55(60-56)38-21-9-3-10-22-38)51(57-35-41)45-28-16-30-49-50(45)46-32-31-44-43-27-13-14-29-48(43)61(52(44)53(46)62-49)42-25-11-4-12-26-42/h1-39H;1-35H. The Kier molecular flexibility index (Phi) is 19.4. The van der Waals surface area contributed by atoms with Crippen molar-refractivity contribution in [2.75, 3.05) is 0 Å². The number of hydrogen-bond acceptors (Lipinski definition) is 10. The molecule has 25 aromatic rings. The second kappa shape index (κ2) is 32.9. The third kappa shape index (κ3) is 13.8. The lowest BCUT2D eigenvalue weighted by Gasteiger charge is -2.16. The van der Waals surface area contributed by atoms with Crippen molar-refractivity contribution in [1.29, 1.82) is 0 Å². The fraction of sp³-hybridized carbons (Fsp3) is 0. The highest BCUT2D eigenvalue weighted by Gasteiger charge is 2.28. The predicted octanol–water partition coefficient (Wildman–Crippen LogP) is 31.1. The van der Waals surface area contributed by atoms with Gasteiger partial charge in [-0.05, 0) is 123 Å². The van der Waals surface area contributed by atoms with Crippen molar-refractivity contribution in [2.24, 2.45) is 0 Å². The van der Waals surface area contributed by atoms with E-state index in [0.717, 1.165) is 127 Å². The lowest BCUT2D eigenvalue weighted by molar-refractivity contribution is 1.07. The minimum Gasteiger partial charge on any atom is -0.309 e. The summed E-state index contributed by atoms with van der Waals surface area (Å²) in [6.07, 6.45) is 4.01. The van der Waals surface area contributed by atoms with Crippen LogP contribution >= 0.6 is 22.7 Å². The number of fused-ring (bicyclic) bond motifs is 14. The van der Waals surface area contributed by atoms with Crippen molar-refractivity contribution in [1.82, 2.24) is 49.0 Å². The molecule has 8 aromatic heterocycles. The number of para-hydroxylation sites is 4. The first kappa shape index (κ1) is 76.7. The van der Waals surface area contributed by atoms with E-state index < -0.39 is 0 Å². The van der Waals surface area contributed by atoms with E-state index in [4.69, 9.17) is 39.9 Å². The van der Waals surface area contributed by atoms with Gasteiger partial charge in [-0.3, -0.25) is 9.97 Å². The van der Waals surface area contributed by atoms with Crippen molar-refractivity contribution in [3.8, 4) is 158 Å². The number of nitrogens with zero attached hydrogens (tertiary/aromatic N) is 10. The molecule has 0 aliphatic heterocycles. The van der Waals surface area contributed by atoms with Gasteiger partial charge in [0.1, 0.15) is 0 Å². The number of benzene rings is 17. The molecule has 0 fully saturated rings. The SMILES string of the molecule is c1ccc(-c2cccc(-c3cnc(-c4cccc5sc6c(ccc7c8ccccc8n(-c8ccccc8)c76)c45)c(-c4nc(-c5ccccc5)nc(-c5ccccc5)n4)c3)c2)cc1.c1ccc(-c2nc(-c3ccccc3)nc(-c3cc(-c4ccc(-c5ccccc5)c(-c5ccccc5)c4)cnc3-c3cccc4c3sc3ccc5c(c6ccccc6n5-c5ccccc5)c34)n2)cc1. The second-order valence-corrected chi connectivity index (χ2v) is 34.5. The summed E-state index contributed by atoms with van der Waals surface area (Å²) in [6.45, 7) is 0. The summed E-state index contributed by atoms with van der Waals surface area (Å²) in [4.78, 5) is 42.1. The zero-order valence-corrected chi connectivity index (χ0v) is 71.6. The van der Waals surface area contributed by atoms with Crippen LogP contribution in [0.1, 0.15) is 0 Å². The van der Waals surface area contributed by atoms with Crippen LogP contribution in [0.4, 0.5) is 0 Å². The molecule has 25 rings (SSSR count). The van der Waals surface area contributed by atoms with Crippen molar-refractivity contribution in [3.63, 3.8) is 0 Å². The molecule has 0 saturated heterocycles. The van der Waals surface area contributed by atoms with Gasteiger partial charge in [0, 0.05) is 137 Å². The molecular formula is C118H74N10S2. The Hall–Kier alpha value is -16.9. The summed E-state index contributed by atoms with van der Waals surface area (Å²) in [7, 11) is 0. The van der Waals surface area contributed by atoms with Gasteiger partial charge in [-0.1, -0.05) is 358 Å². The van der Waals surface area contributed by atoms with E-state index in [1.54, 1.807) is 0 Å². The average Bonchev–Trinajstić information content (AvgIpc) is 1.55. The summed E-state index contributed by atoms with van der Waals surface area (Å²) in [5.74, 6) is 3.52. The van der Waals surface area contributed by atoms with E-state index in [0.29, 0.717) is 34.9 Å². The molecule has 0 bridgehead atoms. The Labute approximate surface area is 757 Å². The first-order valence-corrected chi connectivity index (χ1v) is 45.1. The quantitative estimate of drug-likeness (QED) is 0.0997. The topological polar surface area (TPSA) is 113 Å². The zero-order valence-electron chi connectivity index (χ0n) is 70.0. The van der Waals surface area contributed by atoms with Crippen LogP contribution in [-0.4, -0.2) is 49.0 Å². The zero-order chi connectivity index (χ0) is 86.0. The molecule has 17 aromatic carbocycles. The summed E-state index contributed by atoms with van der Waals surface area (Å²) in [5.41, 5.74) is 27.0. The van der Waals surface area contributed by atoms with Crippen LogP contribution in [0.5, 0.6) is 0 Å². The normalized spacial score (nSPS) is 11.5. The third-order valence-corrected chi connectivity index (χ3v) is 27.0. The van der Waals surface area contributed by atoms with Crippen LogP contribution in [-0.2, 0) is 0 Å². The van der Waals surface area contributed by atoms with Crippen LogP contribution in [0.2, 0.25) is 0 Å². The fourth-order valence-electron chi connectivity index (χ4n) is 18.6. The number of pyridine rings is 2. The molecule has 8 heterocycles. The fourth-order valence-corrected chi connectivity index (χ4v) is 21.1. The average molecular weight is 1700 g/mol. The molecule has 0 aliphatic carbocycles. The Bertz CT molecular complexity index is 8510. The van der Waals surface area contributed by atoms with Gasteiger partial charge in [0.25, 0.3) is 0 Å². The lowest BCUT2D eigenvalue weighted by atomic mass is 9.91. The predicted molar refractivity (Wildman–Crippen MR) is 540 cm³/mol. The van der Waals surface area contributed by atoms with Gasteiger partial charge < -0.3 is 9.13 Å². The Morgan fingerprint density at radius 2 is 0.562 bits per heavy atom. The van der Waals surface area contributed by atoms with Crippen molar-refractivity contribution < 1.29 is 0 Å². The molecule has 0 saturated carbocycles. The molecule has 0 unspecified atom stereocenters. The highest BCUT2D eigenvalue weighted by molar-refractivity contribution is 7.27. The van der Waals surface area contributed by atoms with Gasteiger partial charge in [0.2, 0.25) is 0 Å². The van der Waals surface area contributed by atoms with E-state index >= 15 is 0 Å². The van der Waals surface area contributed by atoms with Gasteiger partial charge in [0.15, 0.2) is 34.9 Å². The first-order valence-electron chi connectivity index (χ1n) is 43.5. The maximum absolute atomic E-state index is 5.47. The van der Waals surface area contributed by atoms with Gasteiger partial charge in [-0.2, -0.15) is 0 Å². The molecule has 0 amide bonds. The Morgan fingerprint density at radius 3 is 1.12 bits per heavy atom. The van der Waals surface area contributed by atoms with E-state index in [1.807, 2.05) is 138 Å². The molecular weight excluding hydrogens is 1620 g/mol. The molecule has 10 nitrogen and oxygen atoms in total. The Morgan fingerprint density at radius 1 is 0.185 bits per heavy atom. The molecule has 130 heavy (non-hydrogen) atoms. The minimum atomic E-state index is 0.553. The van der Waals surface area contributed by atoms with E-state index in [1.165, 1.54) is 79.4 Å². The van der Waals surface area contributed by atoms with Crippen LogP contribution < -0.4 is 0 Å².